The second-order valence-corrected chi connectivity index (χ2v) is 3.83. The molecule has 0 aliphatic heterocycles. The maximum atomic E-state index is 3.98. The molecule has 0 rings (SSSR count). The van der Waals surface area contributed by atoms with Crippen LogP contribution in [0.25, 0.3) is 0 Å². The molecule has 0 amide bonds. The standard InChI is InChI=1S/C8H12I2/c1-3-8(4-5-9)7(2)6-10/h3H,2,4-6H2,1H3. The van der Waals surface area contributed by atoms with Crippen molar-refractivity contribution < 1.29 is 0 Å². The first-order chi connectivity index (χ1) is 4.76. The molecule has 0 N–H and O–H groups in total. The van der Waals surface area contributed by atoms with E-state index >= 15 is 0 Å². The van der Waals surface area contributed by atoms with Gasteiger partial charge in [0.2, 0.25) is 0 Å². The molecule has 0 bridgehead atoms. The van der Waals surface area contributed by atoms with Crippen LogP contribution in [0.2, 0.25) is 0 Å². The molecule has 0 spiro atoms. The van der Waals surface area contributed by atoms with E-state index in [0.29, 0.717) is 0 Å². The van der Waals surface area contributed by atoms with Gasteiger partial charge >= 0.3 is 0 Å². The molecule has 0 atom stereocenters. The fourth-order valence-corrected chi connectivity index (χ4v) is 1.78. The predicted molar refractivity (Wildman–Crippen MR) is 65.3 cm³/mol. The third kappa shape index (κ3) is 3.95. The highest BCUT2D eigenvalue weighted by atomic mass is 127. The molecule has 0 nitrogen and oxygen atoms in total. The molecule has 0 aliphatic rings. The highest BCUT2D eigenvalue weighted by Gasteiger charge is 1.97. The lowest BCUT2D eigenvalue weighted by Gasteiger charge is -2.04. The van der Waals surface area contributed by atoms with Crippen LogP contribution >= 0.6 is 45.2 Å². The summed E-state index contributed by atoms with van der Waals surface area (Å²) in [7, 11) is 0. The zero-order valence-corrected chi connectivity index (χ0v) is 10.5. The zero-order valence-electron chi connectivity index (χ0n) is 6.16. The molecule has 2 heteroatoms. The van der Waals surface area contributed by atoms with Crippen molar-refractivity contribution >= 4 is 45.2 Å². The third-order valence-electron chi connectivity index (χ3n) is 1.33. The van der Waals surface area contributed by atoms with E-state index in [1.54, 1.807) is 0 Å². The molecule has 0 aromatic rings. The van der Waals surface area contributed by atoms with Crippen LogP contribution in [-0.4, -0.2) is 8.86 Å². The molecule has 0 radical (unpaired) electrons. The largest absolute Gasteiger partial charge is 0.0948 e. The Morgan fingerprint density at radius 1 is 1.50 bits per heavy atom. The highest BCUT2D eigenvalue weighted by molar-refractivity contribution is 14.1. The summed E-state index contributed by atoms with van der Waals surface area (Å²) in [4.78, 5) is 0. The van der Waals surface area contributed by atoms with Crippen LogP contribution in [-0.2, 0) is 0 Å². The van der Waals surface area contributed by atoms with Gasteiger partial charge < -0.3 is 0 Å². The lowest BCUT2D eigenvalue weighted by molar-refractivity contribution is 1.14. The molecule has 0 fully saturated rings. The average Bonchev–Trinajstić information content (AvgIpc) is 1.99. The average molecular weight is 362 g/mol. The van der Waals surface area contributed by atoms with Crippen LogP contribution in [0.3, 0.4) is 0 Å². The van der Waals surface area contributed by atoms with Crippen molar-refractivity contribution in [3.8, 4) is 0 Å². The van der Waals surface area contributed by atoms with Gasteiger partial charge in [0, 0.05) is 8.86 Å². The maximum Gasteiger partial charge on any atom is 0.0243 e. The first kappa shape index (κ1) is 10.9. The van der Waals surface area contributed by atoms with Crippen molar-refractivity contribution in [1.29, 1.82) is 0 Å². The van der Waals surface area contributed by atoms with Crippen LogP contribution in [0.5, 0.6) is 0 Å². The third-order valence-corrected chi connectivity index (χ3v) is 2.79. The van der Waals surface area contributed by atoms with E-state index in [1.165, 1.54) is 22.0 Å². The quantitative estimate of drug-likeness (QED) is 0.406. The summed E-state index contributed by atoms with van der Waals surface area (Å²) < 4.78 is 2.24. The highest BCUT2D eigenvalue weighted by Crippen LogP contribution is 2.15. The Morgan fingerprint density at radius 3 is 2.40 bits per heavy atom. The van der Waals surface area contributed by atoms with Crippen LogP contribution in [0, 0.1) is 0 Å². The molecular formula is C8H12I2. The molecule has 58 valence electrons. The summed E-state index contributed by atoms with van der Waals surface area (Å²) in [6.45, 7) is 6.07. The van der Waals surface area contributed by atoms with Crippen LogP contribution in [0.15, 0.2) is 23.8 Å². The number of halogens is 2. The Hall–Kier alpha value is 0.940. The summed E-state index contributed by atoms with van der Waals surface area (Å²) in [5.74, 6) is 0. The van der Waals surface area contributed by atoms with Crippen molar-refractivity contribution in [2.75, 3.05) is 8.86 Å². The minimum Gasteiger partial charge on any atom is -0.0948 e. The van der Waals surface area contributed by atoms with Crippen LogP contribution < -0.4 is 0 Å². The summed E-state index contributed by atoms with van der Waals surface area (Å²) in [5.41, 5.74) is 2.70. The van der Waals surface area contributed by atoms with Crippen molar-refractivity contribution in [2.24, 2.45) is 0 Å². The summed E-state index contributed by atoms with van der Waals surface area (Å²) in [6, 6.07) is 0. The van der Waals surface area contributed by atoms with Crippen LogP contribution in [0.4, 0.5) is 0 Å². The second-order valence-electron chi connectivity index (χ2n) is 1.99. The van der Waals surface area contributed by atoms with E-state index in [4.69, 9.17) is 0 Å². The van der Waals surface area contributed by atoms with Gasteiger partial charge in [-0.15, -0.1) is 0 Å². The molecule has 0 heterocycles. The molecule has 0 unspecified atom stereocenters. The van der Waals surface area contributed by atoms with Crippen LogP contribution in [0.1, 0.15) is 13.3 Å². The summed E-state index contributed by atoms with van der Waals surface area (Å²) in [6.07, 6.45) is 3.33. The number of allylic oxidation sites excluding steroid dienone is 3. The van der Waals surface area contributed by atoms with Gasteiger partial charge in [0.05, 0.1) is 0 Å². The number of hydrogen-bond acceptors (Lipinski definition) is 0. The lowest BCUT2D eigenvalue weighted by atomic mass is 10.1. The monoisotopic (exact) mass is 362 g/mol. The molecule has 0 aliphatic carbocycles. The molecule has 10 heavy (non-hydrogen) atoms. The Morgan fingerprint density at radius 2 is 2.10 bits per heavy atom. The van der Waals surface area contributed by atoms with E-state index in [-0.39, 0.29) is 0 Å². The van der Waals surface area contributed by atoms with Crippen molar-refractivity contribution in [3.05, 3.63) is 23.8 Å². The van der Waals surface area contributed by atoms with Crippen molar-refractivity contribution in [2.45, 2.75) is 13.3 Å². The Bertz CT molecular complexity index is 136. The van der Waals surface area contributed by atoms with Gasteiger partial charge in [-0.1, -0.05) is 57.8 Å². The lowest BCUT2D eigenvalue weighted by Crippen LogP contribution is -1.89. The van der Waals surface area contributed by atoms with E-state index in [2.05, 4.69) is 64.8 Å². The van der Waals surface area contributed by atoms with Gasteiger partial charge in [-0.25, -0.2) is 0 Å². The summed E-state index contributed by atoms with van der Waals surface area (Å²) in [5, 5.41) is 0. The van der Waals surface area contributed by atoms with E-state index in [9.17, 15) is 0 Å². The first-order valence-corrected chi connectivity index (χ1v) is 6.26. The second kappa shape index (κ2) is 6.64. The first-order valence-electron chi connectivity index (χ1n) is 3.21. The molecule has 0 saturated heterocycles. The Kier molecular flexibility index (Phi) is 7.26. The number of rotatable bonds is 4. The van der Waals surface area contributed by atoms with Gasteiger partial charge in [-0.3, -0.25) is 0 Å². The Balaban J connectivity index is 3.95. The Labute approximate surface area is 90.4 Å². The maximum absolute atomic E-state index is 3.98. The van der Waals surface area contributed by atoms with E-state index in [1.807, 2.05) is 0 Å². The SMILES string of the molecule is C=C(CI)C(=CC)CCI. The van der Waals surface area contributed by atoms with Gasteiger partial charge in [0.15, 0.2) is 0 Å². The zero-order chi connectivity index (χ0) is 7.98. The van der Waals surface area contributed by atoms with Gasteiger partial charge in [0.1, 0.15) is 0 Å². The van der Waals surface area contributed by atoms with E-state index < -0.39 is 0 Å². The molecule has 0 saturated carbocycles. The topological polar surface area (TPSA) is 0 Å². The summed E-state index contributed by atoms with van der Waals surface area (Å²) >= 11 is 4.74. The molecule has 0 aromatic carbocycles. The van der Waals surface area contributed by atoms with Crippen molar-refractivity contribution in [3.63, 3.8) is 0 Å². The molecule has 0 aromatic heterocycles. The smallest absolute Gasteiger partial charge is 0.0243 e. The minimum atomic E-state index is 1.05. The number of alkyl halides is 2. The fraction of sp³-hybridized carbons (Fsp3) is 0.500. The van der Waals surface area contributed by atoms with Gasteiger partial charge in [0.25, 0.3) is 0 Å². The normalized spacial score (nSPS) is 11.7. The predicted octanol–water partition coefficient (Wildman–Crippen LogP) is 3.75. The van der Waals surface area contributed by atoms with Crippen molar-refractivity contribution in [1.82, 2.24) is 0 Å². The fourth-order valence-electron chi connectivity index (χ4n) is 0.713. The molecular weight excluding hydrogens is 350 g/mol. The number of hydrogen-bond donors (Lipinski definition) is 0. The van der Waals surface area contributed by atoms with Gasteiger partial charge in [-0.05, 0) is 24.5 Å². The van der Waals surface area contributed by atoms with E-state index in [0.717, 1.165) is 4.43 Å². The minimum absolute atomic E-state index is 1.05. The van der Waals surface area contributed by atoms with Gasteiger partial charge in [-0.2, -0.15) is 0 Å².